The summed E-state index contributed by atoms with van der Waals surface area (Å²) in [5, 5.41) is 6.94. The van der Waals surface area contributed by atoms with Crippen molar-refractivity contribution in [3.63, 3.8) is 0 Å². The van der Waals surface area contributed by atoms with Crippen LogP contribution in [0.2, 0.25) is 0 Å². The van der Waals surface area contributed by atoms with Gasteiger partial charge >= 0.3 is 0 Å². The molecule has 3 aromatic heterocycles. The fourth-order valence-corrected chi connectivity index (χ4v) is 7.87. The monoisotopic (exact) mass is 622 g/mol. The molecule has 3 nitrogen and oxygen atoms in total. The van der Waals surface area contributed by atoms with Crippen LogP contribution in [-0.4, -0.2) is 9.97 Å². The van der Waals surface area contributed by atoms with Gasteiger partial charge in [0.2, 0.25) is 0 Å². The summed E-state index contributed by atoms with van der Waals surface area (Å²) in [7, 11) is 0. The second kappa shape index (κ2) is 9.96. The zero-order valence-corrected chi connectivity index (χ0v) is 26.3. The molecule has 11 rings (SSSR count). The number of rotatable bonds is 3. The molecule has 0 radical (unpaired) electrons. The molecule has 1 aliphatic rings. The molecule has 0 bridgehead atoms. The third-order valence-corrected chi connectivity index (χ3v) is 10.2. The minimum atomic E-state index is 0.901. The van der Waals surface area contributed by atoms with E-state index in [2.05, 4.69) is 146 Å². The highest BCUT2D eigenvalue weighted by Crippen LogP contribution is 2.49. The van der Waals surface area contributed by atoms with Crippen LogP contribution >= 0.6 is 0 Å². The molecule has 0 atom stereocenters. The van der Waals surface area contributed by atoms with E-state index in [1.807, 2.05) is 12.1 Å². The molecule has 0 N–H and O–H groups in total. The second-order valence-corrected chi connectivity index (χ2v) is 12.9. The van der Waals surface area contributed by atoms with E-state index in [0.29, 0.717) is 0 Å². The summed E-state index contributed by atoms with van der Waals surface area (Å²) in [6.45, 7) is 0. The first kappa shape index (κ1) is 26.5. The molecule has 3 heteroatoms. The zero-order chi connectivity index (χ0) is 32.1. The predicted octanol–water partition coefficient (Wildman–Crippen LogP) is 12.5. The van der Waals surface area contributed by atoms with Crippen molar-refractivity contribution in [2.24, 2.45) is 0 Å². The minimum Gasteiger partial charge on any atom is -0.456 e. The van der Waals surface area contributed by atoms with Crippen molar-refractivity contribution in [1.29, 1.82) is 0 Å². The van der Waals surface area contributed by atoms with Crippen LogP contribution in [0.3, 0.4) is 0 Å². The Kier molecular flexibility index (Phi) is 5.38. The van der Waals surface area contributed by atoms with E-state index in [0.717, 1.165) is 77.4 Å². The Balaban J connectivity index is 1.04. The van der Waals surface area contributed by atoms with E-state index >= 15 is 0 Å². The fraction of sp³-hybridized carbons (Fsp3) is 0. The van der Waals surface area contributed by atoms with Crippen LogP contribution in [0.1, 0.15) is 0 Å². The lowest BCUT2D eigenvalue weighted by atomic mass is 9.96. The van der Waals surface area contributed by atoms with Crippen LogP contribution in [0, 0.1) is 0 Å². The third kappa shape index (κ3) is 3.90. The number of aromatic nitrogens is 2. The van der Waals surface area contributed by atoms with Crippen LogP contribution in [0.4, 0.5) is 0 Å². The Bertz CT molecular complexity index is 2980. The Morgan fingerprint density at radius 1 is 0.347 bits per heavy atom. The second-order valence-electron chi connectivity index (χ2n) is 12.9. The summed E-state index contributed by atoms with van der Waals surface area (Å²) >= 11 is 0. The van der Waals surface area contributed by atoms with E-state index in [-0.39, 0.29) is 0 Å². The van der Waals surface area contributed by atoms with Gasteiger partial charge < -0.3 is 4.42 Å². The van der Waals surface area contributed by atoms with Crippen LogP contribution in [0.5, 0.6) is 0 Å². The van der Waals surface area contributed by atoms with Gasteiger partial charge in [-0.2, -0.15) is 0 Å². The lowest BCUT2D eigenvalue weighted by Crippen LogP contribution is -1.92. The van der Waals surface area contributed by atoms with Gasteiger partial charge in [0.25, 0.3) is 0 Å². The zero-order valence-electron chi connectivity index (χ0n) is 26.3. The van der Waals surface area contributed by atoms with Gasteiger partial charge in [0.1, 0.15) is 11.2 Å². The maximum atomic E-state index is 6.08. The molecule has 0 spiro atoms. The molecule has 10 aromatic rings. The van der Waals surface area contributed by atoms with Gasteiger partial charge in [0.15, 0.2) is 0 Å². The van der Waals surface area contributed by atoms with Crippen molar-refractivity contribution in [3.8, 4) is 55.9 Å². The predicted molar refractivity (Wildman–Crippen MR) is 203 cm³/mol. The van der Waals surface area contributed by atoms with Crippen molar-refractivity contribution < 1.29 is 4.42 Å². The Labute approximate surface area is 281 Å². The average Bonchev–Trinajstić information content (AvgIpc) is 3.71. The molecule has 7 aromatic carbocycles. The summed E-state index contributed by atoms with van der Waals surface area (Å²) < 4.78 is 6.08. The van der Waals surface area contributed by atoms with Crippen LogP contribution in [0.15, 0.2) is 162 Å². The number of benzene rings is 7. The maximum absolute atomic E-state index is 6.08. The average molecular weight is 623 g/mol. The first-order chi connectivity index (χ1) is 24.3. The topological polar surface area (TPSA) is 38.9 Å². The number of nitrogens with zero attached hydrogens (tertiary/aromatic N) is 2. The number of fused-ring (bicyclic) bond motifs is 9. The van der Waals surface area contributed by atoms with E-state index < -0.39 is 0 Å². The third-order valence-electron chi connectivity index (χ3n) is 10.2. The van der Waals surface area contributed by atoms with E-state index in [4.69, 9.17) is 14.4 Å². The standard InChI is InChI=1S/C46H26N2O/c1-2-10-33-32(9-1)36-12-6-13-37-34(20-21-38(33)44(36)37)41-23-18-28-16-15-27-17-22-40(47-45(27)46(28)48-41)31-8-5-7-29(25-31)30-19-24-43-39(26-30)35-11-3-4-14-42(35)49-43/h1-26H. The molecule has 3 heterocycles. The largest absolute Gasteiger partial charge is 0.456 e. The van der Waals surface area contributed by atoms with Crippen molar-refractivity contribution in [3.05, 3.63) is 158 Å². The normalized spacial score (nSPS) is 12.1. The molecule has 0 saturated heterocycles. The number of furan rings is 1. The molecule has 0 amide bonds. The van der Waals surface area contributed by atoms with E-state index in [9.17, 15) is 0 Å². The Hall–Kier alpha value is -6.58. The lowest BCUT2D eigenvalue weighted by molar-refractivity contribution is 0.669. The summed E-state index contributed by atoms with van der Waals surface area (Å²) in [5.41, 5.74) is 15.2. The molecule has 49 heavy (non-hydrogen) atoms. The fourth-order valence-electron chi connectivity index (χ4n) is 7.87. The van der Waals surface area contributed by atoms with Gasteiger partial charge in [-0.3, -0.25) is 0 Å². The molecule has 0 unspecified atom stereocenters. The lowest BCUT2D eigenvalue weighted by Gasteiger charge is -2.11. The molecule has 0 saturated carbocycles. The Morgan fingerprint density at radius 2 is 0.939 bits per heavy atom. The summed E-state index contributed by atoms with van der Waals surface area (Å²) in [5.74, 6) is 0. The molecular formula is C46H26N2O. The highest BCUT2D eigenvalue weighted by atomic mass is 16.3. The maximum Gasteiger partial charge on any atom is 0.135 e. The van der Waals surface area contributed by atoms with Crippen molar-refractivity contribution in [2.75, 3.05) is 0 Å². The van der Waals surface area contributed by atoms with Crippen LogP contribution in [0.25, 0.3) is 110 Å². The summed E-state index contributed by atoms with van der Waals surface area (Å²) in [6.07, 6.45) is 0. The van der Waals surface area contributed by atoms with Crippen molar-refractivity contribution >= 4 is 54.5 Å². The Morgan fingerprint density at radius 3 is 1.80 bits per heavy atom. The SMILES string of the molecule is c1cc(-c2ccc3oc4ccccc4c3c2)cc(-c2ccc3ccc4ccc(-c5ccc6c7c(cccc57)-c5ccccc5-6)nc4c3n2)c1. The minimum absolute atomic E-state index is 0.901. The number of para-hydroxylation sites is 1. The van der Waals surface area contributed by atoms with Gasteiger partial charge in [0.05, 0.1) is 22.4 Å². The number of pyridine rings is 2. The van der Waals surface area contributed by atoms with E-state index in [1.165, 1.54) is 33.0 Å². The first-order valence-corrected chi connectivity index (χ1v) is 16.7. The molecule has 0 aliphatic heterocycles. The summed E-state index contributed by atoms with van der Waals surface area (Å²) in [6, 6.07) is 56.0. The van der Waals surface area contributed by atoms with Gasteiger partial charge in [-0.1, -0.05) is 121 Å². The summed E-state index contributed by atoms with van der Waals surface area (Å²) in [4.78, 5) is 10.6. The van der Waals surface area contributed by atoms with Crippen LogP contribution in [-0.2, 0) is 0 Å². The first-order valence-electron chi connectivity index (χ1n) is 16.7. The highest BCUT2D eigenvalue weighted by molar-refractivity contribution is 6.18. The highest BCUT2D eigenvalue weighted by Gasteiger charge is 2.22. The smallest absolute Gasteiger partial charge is 0.135 e. The molecule has 0 fully saturated rings. The quantitative estimate of drug-likeness (QED) is 0.184. The van der Waals surface area contributed by atoms with E-state index in [1.54, 1.807) is 0 Å². The number of hydrogen-bond donors (Lipinski definition) is 0. The van der Waals surface area contributed by atoms with Crippen molar-refractivity contribution in [2.45, 2.75) is 0 Å². The van der Waals surface area contributed by atoms with Gasteiger partial charge in [-0.15, -0.1) is 0 Å². The molecule has 1 aliphatic carbocycles. The molecule has 226 valence electrons. The molecular weight excluding hydrogens is 597 g/mol. The van der Waals surface area contributed by atoms with Gasteiger partial charge in [0, 0.05) is 32.7 Å². The van der Waals surface area contributed by atoms with Crippen LogP contribution < -0.4 is 0 Å². The number of hydrogen-bond acceptors (Lipinski definition) is 3. The van der Waals surface area contributed by atoms with Crippen molar-refractivity contribution in [1.82, 2.24) is 9.97 Å². The van der Waals surface area contributed by atoms with Gasteiger partial charge in [-0.25, -0.2) is 9.97 Å². The van der Waals surface area contributed by atoms with Gasteiger partial charge in [-0.05, 0) is 80.6 Å².